The highest BCUT2D eigenvalue weighted by molar-refractivity contribution is 7.92. The van der Waals surface area contributed by atoms with Gasteiger partial charge in [0, 0.05) is 6.20 Å². The second kappa shape index (κ2) is 5.61. The first-order chi connectivity index (χ1) is 11.0. The summed E-state index contributed by atoms with van der Waals surface area (Å²) in [6.07, 6.45) is 4.58. The molecule has 0 spiro atoms. The number of hydrogen-bond donors (Lipinski definition) is 1. The molecule has 9 heteroatoms. The molecule has 132 valence electrons. The summed E-state index contributed by atoms with van der Waals surface area (Å²) in [5.74, 6) is 0.379. The van der Waals surface area contributed by atoms with Crippen molar-refractivity contribution in [3.05, 3.63) is 12.3 Å². The molecule has 1 saturated carbocycles. The zero-order valence-electron chi connectivity index (χ0n) is 14.6. The summed E-state index contributed by atoms with van der Waals surface area (Å²) in [4.78, 5) is 4.35. The maximum absolute atomic E-state index is 11.6. The number of ether oxygens (including phenoxy) is 1. The second-order valence-corrected chi connectivity index (χ2v) is 9.10. The molecule has 0 aromatic carbocycles. The predicted octanol–water partition coefficient (Wildman–Crippen LogP) is 1.29. The number of nitrogens with one attached hydrogen (secondary N) is 1. The summed E-state index contributed by atoms with van der Waals surface area (Å²) in [5.41, 5.74) is -0.231. The molecule has 2 fully saturated rings. The Morgan fingerprint density at radius 2 is 1.83 bits per heavy atom. The largest absolute Gasteiger partial charge is 0.518 e. The van der Waals surface area contributed by atoms with E-state index in [0.717, 1.165) is 19.1 Å². The fourth-order valence-corrected chi connectivity index (χ4v) is 2.90. The average Bonchev–Trinajstić information content (AvgIpc) is 3.17. The van der Waals surface area contributed by atoms with Gasteiger partial charge in [0.15, 0.2) is 5.75 Å². The first kappa shape index (κ1) is 17.5. The maximum atomic E-state index is 11.6. The van der Waals surface area contributed by atoms with Gasteiger partial charge < -0.3 is 14.0 Å². The van der Waals surface area contributed by atoms with E-state index < -0.39 is 28.3 Å². The van der Waals surface area contributed by atoms with Gasteiger partial charge in [0.05, 0.1) is 29.2 Å². The molecule has 1 saturated heterocycles. The Morgan fingerprint density at radius 3 is 2.33 bits per heavy atom. The quantitative estimate of drug-likeness (QED) is 0.802. The van der Waals surface area contributed by atoms with Gasteiger partial charge in [-0.3, -0.25) is 9.71 Å². The van der Waals surface area contributed by atoms with E-state index in [1.54, 1.807) is 6.07 Å². The number of hydrogen-bond acceptors (Lipinski definition) is 6. The predicted molar refractivity (Wildman–Crippen MR) is 92.1 cm³/mol. The van der Waals surface area contributed by atoms with Crippen molar-refractivity contribution in [3.63, 3.8) is 0 Å². The number of nitrogens with zero attached hydrogens (tertiary/aromatic N) is 1. The molecule has 1 aromatic rings. The lowest BCUT2D eigenvalue weighted by Gasteiger charge is -2.32. The lowest BCUT2D eigenvalue weighted by atomic mass is 9.83. The summed E-state index contributed by atoms with van der Waals surface area (Å²) in [6.45, 7) is 7.81. The Morgan fingerprint density at radius 1 is 1.25 bits per heavy atom. The van der Waals surface area contributed by atoms with Crippen LogP contribution in [0, 0.1) is 0 Å². The van der Waals surface area contributed by atoms with Gasteiger partial charge in [-0.1, -0.05) is 0 Å². The van der Waals surface area contributed by atoms with Crippen molar-refractivity contribution in [2.45, 2.75) is 57.8 Å². The Hall–Kier alpha value is -1.32. The van der Waals surface area contributed by atoms with Crippen LogP contribution in [0.15, 0.2) is 12.3 Å². The molecule has 1 aliphatic carbocycles. The third-order valence-electron chi connectivity index (χ3n) is 4.51. The molecule has 0 amide bonds. The number of anilines is 1. The smallest absolute Gasteiger partial charge is 0.487 e. The van der Waals surface area contributed by atoms with Crippen LogP contribution in [-0.2, 0) is 19.3 Å². The SMILES string of the molecule is CC1(C)OB(c2nccc(NS(C)(=O)=O)c2OC2CC2)OC1(C)C. The Kier molecular flexibility index (Phi) is 4.09. The van der Waals surface area contributed by atoms with E-state index in [2.05, 4.69) is 9.71 Å². The molecule has 1 aromatic heterocycles. The summed E-state index contributed by atoms with van der Waals surface area (Å²) >= 11 is 0. The minimum atomic E-state index is -3.44. The molecule has 7 nitrogen and oxygen atoms in total. The summed E-state index contributed by atoms with van der Waals surface area (Å²) in [5, 5.41) is 0. The van der Waals surface area contributed by atoms with Crippen LogP contribution < -0.4 is 15.1 Å². The summed E-state index contributed by atoms with van der Waals surface area (Å²) in [6, 6.07) is 1.58. The second-order valence-electron chi connectivity index (χ2n) is 7.35. The van der Waals surface area contributed by atoms with Crippen LogP contribution in [0.5, 0.6) is 5.75 Å². The van der Waals surface area contributed by atoms with E-state index in [4.69, 9.17) is 14.0 Å². The van der Waals surface area contributed by atoms with E-state index in [1.165, 1.54) is 6.20 Å². The van der Waals surface area contributed by atoms with Gasteiger partial charge in [-0.05, 0) is 46.6 Å². The van der Waals surface area contributed by atoms with Crippen molar-refractivity contribution >= 4 is 28.4 Å². The van der Waals surface area contributed by atoms with Crippen LogP contribution in [0.2, 0.25) is 0 Å². The molecule has 3 rings (SSSR count). The molecule has 0 atom stereocenters. The third kappa shape index (κ3) is 3.53. The van der Waals surface area contributed by atoms with Gasteiger partial charge in [-0.15, -0.1) is 0 Å². The summed E-state index contributed by atoms with van der Waals surface area (Å²) < 4.78 is 43.8. The van der Waals surface area contributed by atoms with E-state index in [0.29, 0.717) is 17.0 Å². The van der Waals surface area contributed by atoms with Crippen molar-refractivity contribution in [1.29, 1.82) is 0 Å². The minimum absolute atomic E-state index is 0.0792. The Bertz CT molecular complexity index is 730. The van der Waals surface area contributed by atoms with Gasteiger partial charge >= 0.3 is 7.12 Å². The van der Waals surface area contributed by atoms with E-state index in [1.807, 2.05) is 27.7 Å². The number of pyridine rings is 1. The van der Waals surface area contributed by atoms with Crippen LogP contribution >= 0.6 is 0 Å². The molecule has 2 heterocycles. The monoisotopic (exact) mass is 354 g/mol. The zero-order chi connectivity index (χ0) is 17.8. The topological polar surface area (TPSA) is 86.8 Å². The highest BCUT2D eigenvalue weighted by Gasteiger charge is 2.53. The first-order valence-electron chi connectivity index (χ1n) is 7.97. The molecular weight excluding hydrogens is 331 g/mol. The standard InChI is InChI=1S/C15H23BN2O5S/c1-14(2)15(3,4)23-16(22-14)13-12(21-10-6-7-10)11(8-9-17-13)18-24(5,19)20/h8-10H,6-7H2,1-5H3,(H,17,18). The van der Waals surface area contributed by atoms with Crippen molar-refractivity contribution in [2.75, 3.05) is 11.0 Å². The van der Waals surface area contributed by atoms with Gasteiger partial charge in [-0.25, -0.2) is 8.42 Å². The molecule has 1 aliphatic heterocycles. The highest BCUT2D eigenvalue weighted by atomic mass is 32.2. The molecule has 1 N–H and O–H groups in total. The van der Waals surface area contributed by atoms with E-state index >= 15 is 0 Å². The third-order valence-corrected chi connectivity index (χ3v) is 5.10. The highest BCUT2D eigenvalue weighted by Crippen LogP contribution is 2.38. The maximum Gasteiger partial charge on any atom is 0.518 e. The Labute approximate surface area is 143 Å². The van der Waals surface area contributed by atoms with Crippen LogP contribution in [0.1, 0.15) is 40.5 Å². The van der Waals surface area contributed by atoms with Gasteiger partial charge in [-0.2, -0.15) is 0 Å². The molecule has 0 unspecified atom stereocenters. The lowest BCUT2D eigenvalue weighted by Crippen LogP contribution is -2.41. The number of rotatable bonds is 5. The minimum Gasteiger partial charge on any atom is -0.487 e. The molecule has 2 aliphatic rings. The fraction of sp³-hybridized carbons (Fsp3) is 0.667. The van der Waals surface area contributed by atoms with Crippen molar-refractivity contribution in [2.24, 2.45) is 0 Å². The molecular formula is C15H23BN2O5S. The van der Waals surface area contributed by atoms with Gasteiger partial charge in [0.2, 0.25) is 10.0 Å². The van der Waals surface area contributed by atoms with Crippen LogP contribution in [0.4, 0.5) is 5.69 Å². The van der Waals surface area contributed by atoms with Gasteiger partial charge in [0.1, 0.15) is 5.59 Å². The number of sulfonamides is 1. The van der Waals surface area contributed by atoms with E-state index in [-0.39, 0.29) is 6.10 Å². The molecule has 24 heavy (non-hydrogen) atoms. The fourth-order valence-electron chi connectivity index (χ4n) is 2.34. The van der Waals surface area contributed by atoms with Crippen molar-refractivity contribution in [1.82, 2.24) is 4.98 Å². The normalized spacial score (nSPS) is 22.5. The average molecular weight is 354 g/mol. The van der Waals surface area contributed by atoms with E-state index in [9.17, 15) is 8.42 Å². The van der Waals surface area contributed by atoms with Crippen molar-refractivity contribution < 1.29 is 22.5 Å². The van der Waals surface area contributed by atoms with Crippen LogP contribution in [0.25, 0.3) is 0 Å². The van der Waals surface area contributed by atoms with Crippen LogP contribution in [-0.4, -0.2) is 44.1 Å². The van der Waals surface area contributed by atoms with Crippen molar-refractivity contribution in [3.8, 4) is 5.75 Å². The molecule has 0 bridgehead atoms. The molecule has 0 radical (unpaired) electrons. The first-order valence-corrected chi connectivity index (χ1v) is 9.87. The van der Waals surface area contributed by atoms with Gasteiger partial charge in [0.25, 0.3) is 0 Å². The zero-order valence-corrected chi connectivity index (χ0v) is 15.4. The Balaban J connectivity index is 1.99. The lowest BCUT2D eigenvalue weighted by molar-refractivity contribution is 0.00578. The number of aromatic nitrogens is 1. The van der Waals surface area contributed by atoms with Crippen LogP contribution in [0.3, 0.4) is 0 Å². The summed E-state index contributed by atoms with van der Waals surface area (Å²) in [7, 11) is -4.16.